The Morgan fingerprint density at radius 3 is 2.85 bits per heavy atom. The maximum absolute atomic E-state index is 13.8. The van der Waals surface area contributed by atoms with Crippen molar-refractivity contribution < 1.29 is 4.39 Å². The Morgan fingerprint density at radius 1 is 1.40 bits per heavy atom. The van der Waals surface area contributed by atoms with Crippen molar-refractivity contribution in [1.82, 2.24) is 4.90 Å². The Hall–Kier alpha value is -0.930. The molecular formula is C17H27FN2. The fourth-order valence-electron chi connectivity index (χ4n) is 3.30. The zero-order chi connectivity index (χ0) is 14.5. The topological polar surface area (TPSA) is 29.3 Å². The number of halogens is 1. The molecule has 0 amide bonds. The van der Waals surface area contributed by atoms with Crippen LogP contribution in [-0.2, 0) is 0 Å². The Kier molecular flexibility index (Phi) is 5.55. The fraction of sp³-hybridized carbons (Fsp3) is 0.647. The predicted octanol–water partition coefficient (Wildman–Crippen LogP) is 3.58. The number of nitrogens with two attached hydrogens (primary N) is 1. The monoisotopic (exact) mass is 278 g/mol. The lowest BCUT2D eigenvalue weighted by molar-refractivity contribution is 0.254. The quantitative estimate of drug-likeness (QED) is 0.861. The lowest BCUT2D eigenvalue weighted by Gasteiger charge is -2.26. The van der Waals surface area contributed by atoms with Crippen molar-refractivity contribution in [3.8, 4) is 0 Å². The zero-order valence-corrected chi connectivity index (χ0v) is 12.7. The number of nitrogens with zero attached hydrogens (tertiary/aromatic N) is 1. The number of rotatable bonds is 6. The Morgan fingerprint density at radius 2 is 2.15 bits per heavy atom. The second kappa shape index (κ2) is 7.19. The fourth-order valence-corrected chi connectivity index (χ4v) is 3.30. The van der Waals surface area contributed by atoms with Gasteiger partial charge >= 0.3 is 0 Å². The minimum atomic E-state index is -0.221. The molecule has 3 heteroatoms. The lowest BCUT2D eigenvalue weighted by atomic mass is 9.94. The van der Waals surface area contributed by atoms with Gasteiger partial charge in [0, 0.05) is 24.7 Å². The second-order valence-electron chi connectivity index (χ2n) is 6.23. The first kappa shape index (κ1) is 15.5. The van der Waals surface area contributed by atoms with E-state index >= 15 is 0 Å². The van der Waals surface area contributed by atoms with Crippen molar-refractivity contribution >= 4 is 0 Å². The van der Waals surface area contributed by atoms with Gasteiger partial charge in [0.1, 0.15) is 5.82 Å². The molecule has 0 aromatic heterocycles. The van der Waals surface area contributed by atoms with Crippen LogP contribution in [0.3, 0.4) is 0 Å². The Bertz CT molecular complexity index is 421. The van der Waals surface area contributed by atoms with Gasteiger partial charge in [-0.25, -0.2) is 4.39 Å². The van der Waals surface area contributed by atoms with Crippen molar-refractivity contribution in [3.63, 3.8) is 0 Å². The maximum atomic E-state index is 13.8. The minimum absolute atomic E-state index is 0.183. The van der Waals surface area contributed by atoms with E-state index < -0.39 is 0 Å². The summed E-state index contributed by atoms with van der Waals surface area (Å²) in [5, 5.41) is 0. The molecule has 1 aliphatic heterocycles. The maximum Gasteiger partial charge on any atom is 0.127 e. The van der Waals surface area contributed by atoms with Crippen LogP contribution in [-0.4, -0.2) is 24.5 Å². The zero-order valence-electron chi connectivity index (χ0n) is 12.7. The molecule has 1 saturated heterocycles. The average Bonchev–Trinajstić information content (AvgIpc) is 2.86. The molecule has 20 heavy (non-hydrogen) atoms. The molecule has 112 valence electrons. The largest absolute Gasteiger partial charge is 0.324 e. The van der Waals surface area contributed by atoms with Gasteiger partial charge in [-0.1, -0.05) is 38.5 Å². The molecule has 3 unspecified atom stereocenters. The van der Waals surface area contributed by atoms with E-state index in [2.05, 4.69) is 18.7 Å². The summed E-state index contributed by atoms with van der Waals surface area (Å²) in [4.78, 5) is 2.49. The van der Waals surface area contributed by atoms with Crippen molar-refractivity contribution in [2.75, 3.05) is 19.6 Å². The molecular weight excluding hydrogens is 251 g/mol. The molecule has 0 bridgehead atoms. The summed E-state index contributed by atoms with van der Waals surface area (Å²) in [6, 6.07) is 6.65. The molecule has 1 fully saturated rings. The molecule has 1 aromatic carbocycles. The highest BCUT2D eigenvalue weighted by atomic mass is 19.1. The summed E-state index contributed by atoms with van der Waals surface area (Å²) in [6.45, 7) is 7.69. The van der Waals surface area contributed by atoms with Crippen LogP contribution in [0.4, 0.5) is 4.39 Å². The molecule has 0 spiro atoms. The van der Waals surface area contributed by atoms with E-state index in [0.29, 0.717) is 5.56 Å². The van der Waals surface area contributed by atoms with E-state index in [0.717, 1.165) is 12.5 Å². The van der Waals surface area contributed by atoms with Crippen LogP contribution >= 0.6 is 0 Å². The molecule has 0 radical (unpaired) electrons. The van der Waals surface area contributed by atoms with E-state index in [1.807, 2.05) is 6.07 Å². The molecule has 2 nitrogen and oxygen atoms in total. The van der Waals surface area contributed by atoms with Gasteiger partial charge in [0.15, 0.2) is 0 Å². The van der Waals surface area contributed by atoms with Crippen molar-refractivity contribution in [2.45, 2.75) is 39.2 Å². The summed E-state index contributed by atoms with van der Waals surface area (Å²) < 4.78 is 13.8. The number of likely N-dealkylation sites (tertiary alicyclic amines) is 1. The highest BCUT2D eigenvalue weighted by Crippen LogP contribution is 2.26. The number of hydrogen-bond donors (Lipinski definition) is 1. The van der Waals surface area contributed by atoms with Crippen LogP contribution in [0.15, 0.2) is 24.3 Å². The summed E-state index contributed by atoms with van der Waals surface area (Å²) in [5.74, 6) is 0.932. The lowest BCUT2D eigenvalue weighted by Crippen LogP contribution is -2.32. The molecule has 3 atom stereocenters. The molecule has 2 N–H and O–H groups in total. The Balaban J connectivity index is 1.89. The third kappa shape index (κ3) is 3.80. The van der Waals surface area contributed by atoms with Gasteiger partial charge in [0.25, 0.3) is 0 Å². The Labute approximate surface area is 122 Å². The first-order chi connectivity index (χ1) is 9.61. The third-order valence-corrected chi connectivity index (χ3v) is 4.49. The standard InChI is InChI=1S/C17H27FN2/c1-3-6-14-9-10-20(12-14)11-13(2)17(19)15-7-4-5-8-16(15)18/h4-5,7-8,13-14,17H,3,6,9-12,19H2,1-2H3. The summed E-state index contributed by atoms with van der Waals surface area (Å²) in [7, 11) is 0. The number of hydrogen-bond acceptors (Lipinski definition) is 2. The van der Waals surface area contributed by atoms with E-state index in [4.69, 9.17) is 5.73 Å². The molecule has 0 aliphatic carbocycles. The van der Waals surface area contributed by atoms with E-state index in [-0.39, 0.29) is 17.8 Å². The van der Waals surface area contributed by atoms with Gasteiger partial charge in [-0.05, 0) is 37.3 Å². The van der Waals surface area contributed by atoms with Gasteiger partial charge in [-0.2, -0.15) is 0 Å². The van der Waals surface area contributed by atoms with E-state index in [9.17, 15) is 4.39 Å². The van der Waals surface area contributed by atoms with Crippen LogP contribution < -0.4 is 5.73 Å². The van der Waals surface area contributed by atoms with E-state index in [1.54, 1.807) is 12.1 Å². The van der Waals surface area contributed by atoms with Crippen molar-refractivity contribution in [3.05, 3.63) is 35.6 Å². The normalized spacial score (nSPS) is 22.9. The highest BCUT2D eigenvalue weighted by Gasteiger charge is 2.25. The van der Waals surface area contributed by atoms with E-state index in [1.165, 1.54) is 38.4 Å². The van der Waals surface area contributed by atoms with Crippen LogP contribution in [0.2, 0.25) is 0 Å². The molecule has 0 saturated carbocycles. The first-order valence-electron chi connectivity index (χ1n) is 7.84. The second-order valence-corrected chi connectivity index (χ2v) is 6.23. The molecule has 1 aliphatic rings. The molecule has 1 aromatic rings. The number of benzene rings is 1. The first-order valence-corrected chi connectivity index (χ1v) is 7.84. The van der Waals surface area contributed by atoms with Crippen LogP contribution in [0, 0.1) is 17.7 Å². The van der Waals surface area contributed by atoms with Gasteiger partial charge in [0.05, 0.1) is 0 Å². The summed E-state index contributed by atoms with van der Waals surface area (Å²) in [6.07, 6.45) is 3.89. The van der Waals surface area contributed by atoms with Gasteiger partial charge in [0.2, 0.25) is 0 Å². The SMILES string of the molecule is CCCC1CCN(CC(C)C(N)c2ccccc2F)C1. The van der Waals surface area contributed by atoms with Crippen LogP contribution in [0.25, 0.3) is 0 Å². The minimum Gasteiger partial charge on any atom is -0.324 e. The average molecular weight is 278 g/mol. The van der Waals surface area contributed by atoms with Crippen LogP contribution in [0.5, 0.6) is 0 Å². The molecule has 1 heterocycles. The van der Waals surface area contributed by atoms with Gasteiger partial charge in [-0.15, -0.1) is 0 Å². The molecule has 2 rings (SSSR count). The van der Waals surface area contributed by atoms with Gasteiger partial charge < -0.3 is 10.6 Å². The van der Waals surface area contributed by atoms with Gasteiger partial charge in [-0.3, -0.25) is 0 Å². The highest BCUT2D eigenvalue weighted by molar-refractivity contribution is 5.21. The summed E-state index contributed by atoms with van der Waals surface area (Å²) >= 11 is 0. The predicted molar refractivity (Wildman–Crippen MR) is 81.9 cm³/mol. The smallest absolute Gasteiger partial charge is 0.127 e. The summed E-state index contributed by atoms with van der Waals surface area (Å²) in [5.41, 5.74) is 6.89. The van der Waals surface area contributed by atoms with Crippen molar-refractivity contribution in [2.24, 2.45) is 17.6 Å². The van der Waals surface area contributed by atoms with Crippen molar-refractivity contribution in [1.29, 1.82) is 0 Å². The van der Waals surface area contributed by atoms with Crippen LogP contribution in [0.1, 0.15) is 44.7 Å². The third-order valence-electron chi connectivity index (χ3n) is 4.49.